The smallest absolute Gasteiger partial charge is 0.220 e. The van der Waals surface area contributed by atoms with Crippen molar-refractivity contribution in [2.75, 3.05) is 6.54 Å². The number of rotatable bonds is 6. The first kappa shape index (κ1) is 16.6. The van der Waals surface area contributed by atoms with Crippen LogP contribution in [0.15, 0.2) is 34.9 Å². The monoisotopic (exact) mass is 331 g/mol. The van der Waals surface area contributed by atoms with Gasteiger partial charge >= 0.3 is 0 Å². The van der Waals surface area contributed by atoms with Gasteiger partial charge in [0.1, 0.15) is 5.82 Å². The minimum atomic E-state index is -0.357. The zero-order valence-electron chi connectivity index (χ0n) is 13.6. The molecule has 3 rings (SSSR count). The lowest BCUT2D eigenvalue weighted by Crippen LogP contribution is -2.51. The average molecular weight is 331 g/mol. The van der Waals surface area contributed by atoms with Crippen LogP contribution in [-0.2, 0) is 11.2 Å². The Morgan fingerprint density at radius 3 is 2.79 bits per heavy atom. The van der Waals surface area contributed by atoms with Crippen molar-refractivity contribution in [2.24, 2.45) is 5.73 Å². The molecule has 128 valence electrons. The summed E-state index contributed by atoms with van der Waals surface area (Å²) in [6.45, 7) is 0.467. The molecule has 5 nitrogen and oxygen atoms in total. The third kappa shape index (κ3) is 3.64. The maximum atomic E-state index is 13.7. The first-order chi connectivity index (χ1) is 11.6. The standard InChI is InChI=1S/C18H22FN3O2/c19-14-6-2-1-5-13(14)15-11-21-17(24-15)8-7-16(23)22-18(12-20)9-3-4-10-18/h1-2,5-6,11H,3-4,7-10,12,20H2,(H,22,23). The summed E-state index contributed by atoms with van der Waals surface area (Å²) in [6, 6.07) is 6.37. The second-order valence-electron chi connectivity index (χ2n) is 6.34. The van der Waals surface area contributed by atoms with Crippen molar-refractivity contribution in [3.8, 4) is 11.3 Å². The van der Waals surface area contributed by atoms with Gasteiger partial charge in [-0.15, -0.1) is 0 Å². The number of hydrogen-bond donors (Lipinski definition) is 2. The number of nitrogens with two attached hydrogens (primary N) is 1. The molecule has 1 heterocycles. The summed E-state index contributed by atoms with van der Waals surface area (Å²) in [5.74, 6) is 0.395. The van der Waals surface area contributed by atoms with Gasteiger partial charge in [-0.3, -0.25) is 4.79 Å². The zero-order valence-corrected chi connectivity index (χ0v) is 13.6. The largest absolute Gasteiger partial charge is 0.441 e. The summed E-state index contributed by atoms with van der Waals surface area (Å²) in [6.07, 6.45) is 6.22. The average Bonchev–Trinajstić information content (AvgIpc) is 3.23. The lowest BCUT2D eigenvalue weighted by molar-refractivity contribution is -0.122. The number of amides is 1. The maximum absolute atomic E-state index is 13.7. The Morgan fingerprint density at radius 2 is 2.08 bits per heavy atom. The molecule has 6 heteroatoms. The normalized spacial score (nSPS) is 16.2. The molecule has 0 spiro atoms. The van der Waals surface area contributed by atoms with Crippen LogP contribution in [0, 0.1) is 5.82 Å². The zero-order chi connectivity index (χ0) is 17.0. The van der Waals surface area contributed by atoms with Crippen LogP contribution < -0.4 is 11.1 Å². The van der Waals surface area contributed by atoms with Gasteiger partial charge in [-0.25, -0.2) is 9.37 Å². The molecule has 2 aromatic rings. The van der Waals surface area contributed by atoms with E-state index in [2.05, 4.69) is 10.3 Å². The highest BCUT2D eigenvalue weighted by Gasteiger charge is 2.33. The van der Waals surface area contributed by atoms with Crippen molar-refractivity contribution in [1.82, 2.24) is 10.3 Å². The van der Waals surface area contributed by atoms with Crippen LogP contribution in [0.4, 0.5) is 4.39 Å². The second-order valence-corrected chi connectivity index (χ2v) is 6.34. The molecular formula is C18H22FN3O2. The molecule has 3 N–H and O–H groups in total. The number of halogens is 1. The Bertz CT molecular complexity index is 708. The van der Waals surface area contributed by atoms with Gasteiger partial charge in [0.15, 0.2) is 11.7 Å². The third-order valence-electron chi connectivity index (χ3n) is 4.61. The molecule has 1 aromatic heterocycles. The van der Waals surface area contributed by atoms with E-state index in [-0.39, 0.29) is 23.7 Å². The number of aromatic nitrogens is 1. The van der Waals surface area contributed by atoms with Crippen molar-refractivity contribution >= 4 is 5.91 Å². The van der Waals surface area contributed by atoms with Crippen LogP contribution in [0.1, 0.15) is 38.0 Å². The number of aryl methyl sites for hydroxylation is 1. The number of nitrogens with zero attached hydrogens (tertiary/aromatic N) is 1. The van der Waals surface area contributed by atoms with E-state index in [0.717, 1.165) is 25.7 Å². The minimum absolute atomic E-state index is 0.0482. The van der Waals surface area contributed by atoms with Crippen LogP contribution in [0.3, 0.4) is 0 Å². The molecule has 1 saturated carbocycles. The van der Waals surface area contributed by atoms with E-state index in [4.69, 9.17) is 10.2 Å². The van der Waals surface area contributed by atoms with Gasteiger partial charge in [0.2, 0.25) is 5.91 Å². The van der Waals surface area contributed by atoms with E-state index < -0.39 is 0 Å². The summed E-state index contributed by atoms with van der Waals surface area (Å²) < 4.78 is 19.3. The van der Waals surface area contributed by atoms with Crippen molar-refractivity contribution in [3.05, 3.63) is 42.2 Å². The molecule has 0 radical (unpaired) electrons. The lowest BCUT2D eigenvalue weighted by Gasteiger charge is -2.28. The number of carbonyl (C=O) groups excluding carboxylic acids is 1. The summed E-state index contributed by atoms with van der Waals surface area (Å²) in [5.41, 5.74) is 5.95. The predicted molar refractivity (Wildman–Crippen MR) is 88.6 cm³/mol. The van der Waals surface area contributed by atoms with Crippen LogP contribution in [-0.4, -0.2) is 23.0 Å². The first-order valence-corrected chi connectivity index (χ1v) is 8.33. The van der Waals surface area contributed by atoms with Crippen molar-refractivity contribution in [1.29, 1.82) is 0 Å². The van der Waals surface area contributed by atoms with E-state index in [1.807, 2.05) is 0 Å². The van der Waals surface area contributed by atoms with Gasteiger partial charge < -0.3 is 15.5 Å². The molecule has 1 amide bonds. The van der Waals surface area contributed by atoms with Gasteiger partial charge in [-0.2, -0.15) is 0 Å². The highest BCUT2D eigenvalue weighted by atomic mass is 19.1. The van der Waals surface area contributed by atoms with Crippen molar-refractivity contribution in [2.45, 2.75) is 44.1 Å². The Labute approximate surface area is 140 Å². The number of nitrogens with one attached hydrogen (secondary N) is 1. The highest BCUT2D eigenvalue weighted by Crippen LogP contribution is 2.29. The number of benzene rings is 1. The lowest BCUT2D eigenvalue weighted by atomic mass is 9.97. The summed E-state index contributed by atoms with van der Waals surface area (Å²) in [7, 11) is 0. The van der Waals surface area contributed by atoms with Crippen molar-refractivity contribution in [3.63, 3.8) is 0 Å². The quantitative estimate of drug-likeness (QED) is 0.853. The highest BCUT2D eigenvalue weighted by molar-refractivity contribution is 5.77. The number of oxazole rings is 1. The summed E-state index contributed by atoms with van der Waals surface area (Å²) in [5, 5.41) is 3.07. The predicted octanol–water partition coefficient (Wildman–Crippen LogP) is 2.80. The van der Waals surface area contributed by atoms with Crippen LogP contribution >= 0.6 is 0 Å². The van der Waals surface area contributed by atoms with Gasteiger partial charge in [0.25, 0.3) is 0 Å². The Morgan fingerprint density at radius 1 is 1.33 bits per heavy atom. The number of hydrogen-bond acceptors (Lipinski definition) is 4. The minimum Gasteiger partial charge on any atom is -0.441 e. The van der Waals surface area contributed by atoms with Gasteiger partial charge in [0, 0.05) is 19.4 Å². The van der Waals surface area contributed by atoms with Gasteiger partial charge in [0.05, 0.1) is 17.3 Å². The van der Waals surface area contributed by atoms with Crippen LogP contribution in [0.25, 0.3) is 11.3 Å². The molecular weight excluding hydrogens is 309 g/mol. The fourth-order valence-corrected chi connectivity index (χ4v) is 3.22. The molecule has 0 unspecified atom stereocenters. The molecule has 0 bridgehead atoms. The molecule has 1 aliphatic rings. The molecule has 1 aromatic carbocycles. The second kappa shape index (κ2) is 7.13. The molecule has 0 aliphatic heterocycles. The Hall–Kier alpha value is -2.21. The SMILES string of the molecule is NCC1(NC(=O)CCc2ncc(-c3ccccc3F)o2)CCCC1. The van der Waals surface area contributed by atoms with Gasteiger partial charge in [-0.1, -0.05) is 25.0 Å². The van der Waals surface area contributed by atoms with Crippen LogP contribution in [0.5, 0.6) is 0 Å². The fourth-order valence-electron chi connectivity index (χ4n) is 3.22. The molecule has 1 fully saturated rings. The first-order valence-electron chi connectivity index (χ1n) is 8.33. The third-order valence-corrected chi connectivity index (χ3v) is 4.61. The number of carbonyl (C=O) groups is 1. The summed E-state index contributed by atoms with van der Waals surface area (Å²) in [4.78, 5) is 16.3. The Balaban J connectivity index is 1.58. The maximum Gasteiger partial charge on any atom is 0.220 e. The van der Waals surface area contributed by atoms with E-state index in [0.29, 0.717) is 30.2 Å². The Kier molecular flexibility index (Phi) is 4.94. The van der Waals surface area contributed by atoms with E-state index in [1.165, 1.54) is 12.3 Å². The van der Waals surface area contributed by atoms with E-state index in [1.54, 1.807) is 18.2 Å². The summed E-state index contributed by atoms with van der Waals surface area (Å²) >= 11 is 0. The van der Waals surface area contributed by atoms with E-state index >= 15 is 0 Å². The molecule has 24 heavy (non-hydrogen) atoms. The van der Waals surface area contributed by atoms with Crippen molar-refractivity contribution < 1.29 is 13.6 Å². The molecule has 0 saturated heterocycles. The topological polar surface area (TPSA) is 81.1 Å². The van der Waals surface area contributed by atoms with E-state index in [9.17, 15) is 9.18 Å². The van der Waals surface area contributed by atoms with Gasteiger partial charge in [-0.05, 0) is 25.0 Å². The molecule has 1 aliphatic carbocycles. The van der Waals surface area contributed by atoms with Crippen LogP contribution in [0.2, 0.25) is 0 Å². The molecule has 0 atom stereocenters. The fraction of sp³-hybridized carbons (Fsp3) is 0.444.